The topological polar surface area (TPSA) is 128 Å². The number of aromatic nitrogens is 4. The fourth-order valence-electron chi connectivity index (χ4n) is 5.82. The molecule has 1 unspecified atom stereocenters. The zero-order valence-corrected chi connectivity index (χ0v) is 21.7. The minimum absolute atomic E-state index is 0.0460. The Balaban J connectivity index is 0.000000426. The number of hydrogen-bond acceptors (Lipinski definition) is 8. The minimum atomic E-state index is -5.08. The summed E-state index contributed by atoms with van der Waals surface area (Å²) in [7, 11) is 1.65. The summed E-state index contributed by atoms with van der Waals surface area (Å²) in [5.41, 5.74) is 0.582. The Bertz CT molecular complexity index is 1160. The fourth-order valence-corrected chi connectivity index (χ4v) is 5.82. The number of tetrazole rings is 1. The quantitative estimate of drug-likeness (QED) is 0.529. The van der Waals surface area contributed by atoms with E-state index in [1.807, 2.05) is 24.3 Å². The van der Waals surface area contributed by atoms with Crippen LogP contribution in [0.5, 0.6) is 5.75 Å². The number of esters is 1. The SMILES string of the molecule is COc1ccc(-n2nnnc2C(C)(N[C@H]2C(=O)O[C@H]3CCC[C@H]32)C2CC(C)(C)C2)cc1.O=C(O)C(F)(F)F. The third kappa shape index (κ3) is 5.47. The number of carboxylic acid groups (broad SMARTS) is 1. The number of nitrogens with zero attached hydrogens (tertiary/aromatic N) is 4. The van der Waals surface area contributed by atoms with E-state index in [4.69, 9.17) is 19.4 Å². The number of carbonyl (C=O) groups excluding carboxylic acids is 1. The fraction of sp³-hybridized carbons (Fsp3) is 0.640. The first-order valence-corrected chi connectivity index (χ1v) is 12.5. The lowest BCUT2D eigenvalue weighted by Crippen LogP contribution is -2.59. The van der Waals surface area contributed by atoms with Crippen LogP contribution in [0.25, 0.3) is 5.69 Å². The van der Waals surface area contributed by atoms with Crippen molar-refractivity contribution >= 4 is 11.9 Å². The number of benzene rings is 1. The molecular weight excluding hydrogens is 507 g/mol. The molecule has 0 amide bonds. The Morgan fingerprint density at radius 2 is 1.84 bits per heavy atom. The largest absolute Gasteiger partial charge is 0.497 e. The van der Waals surface area contributed by atoms with Gasteiger partial charge in [-0.25, -0.2) is 4.79 Å². The Labute approximate surface area is 217 Å². The average molecular weight is 540 g/mol. The van der Waals surface area contributed by atoms with Crippen LogP contribution in [0.4, 0.5) is 13.2 Å². The summed E-state index contributed by atoms with van der Waals surface area (Å²) >= 11 is 0. The zero-order chi connectivity index (χ0) is 27.9. The molecule has 0 radical (unpaired) electrons. The van der Waals surface area contributed by atoms with Crippen LogP contribution in [0.15, 0.2) is 24.3 Å². The highest BCUT2D eigenvalue weighted by atomic mass is 19.4. The van der Waals surface area contributed by atoms with Gasteiger partial charge in [0.2, 0.25) is 0 Å². The summed E-state index contributed by atoms with van der Waals surface area (Å²) in [5, 5.41) is 23.6. The molecule has 208 valence electrons. The Morgan fingerprint density at radius 1 is 1.21 bits per heavy atom. The van der Waals surface area contributed by atoms with Crippen LogP contribution in [0.3, 0.4) is 0 Å². The molecule has 2 heterocycles. The van der Waals surface area contributed by atoms with Crippen molar-refractivity contribution in [3.05, 3.63) is 30.1 Å². The van der Waals surface area contributed by atoms with Gasteiger partial charge in [0.15, 0.2) is 5.82 Å². The van der Waals surface area contributed by atoms with E-state index in [0.717, 1.165) is 49.4 Å². The van der Waals surface area contributed by atoms with Crippen LogP contribution >= 0.6 is 0 Å². The van der Waals surface area contributed by atoms with Crippen molar-refractivity contribution in [3.8, 4) is 11.4 Å². The monoisotopic (exact) mass is 539 g/mol. The number of halogens is 3. The molecule has 2 N–H and O–H groups in total. The zero-order valence-electron chi connectivity index (χ0n) is 21.7. The van der Waals surface area contributed by atoms with Crippen molar-refractivity contribution in [1.29, 1.82) is 0 Å². The van der Waals surface area contributed by atoms with E-state index >= 15 is 0 Å². The Morgan fingerprint density at radius 3 is 2.39 bits per heavy atom. The molecule has 1 aromatic carbocycles. The molecule has 5 rings (SSSR count). The third-order valence-corrected chi connectivity index (χ3v) is 7.82. The first-order valence-electron chi connectivity index (χ1n) is 12.5. The van der Waals surface area contributed by atoms with Gasteiger partial charge in [-0.05, 0) is 85.1 Å². The van der Waals surface area contributed by atoms with E-state index in [-0.39, 0.29) is 29.4 Å². The Kier molecular flexibility index (Phi) is 7.43. The maximum atomic E-state index is 12.8. The average Bonchev–Trinajstić information content (AvgIpc) is 3.56. The molecule has 3 fully saturated rings. The van der Waals surface area contributed by atoms with Crippen molar-refractivity contribution < 1.29 is 37.3 Å². The maximum Gasteiger partial charge on any atom is 0.490 e. The molecule has 0 bridgehead atoms. The predicted octanol–water partition coefficient (Wildman–Crippen LogP) is 3.64. The van der Waals surface area contributed by atoms with Crippen LogP contribution in [0.2, 0.25) is 0 Å². The van der Waals surface area contributed by atoms with Gasteiger partial charge in [-0.2, -0.15) is 17.9 Å². The van der Waals surface area contributed by atoms with Crippen molar-refractivity contribution in [3.63, 3.8) is 0 Å². The standard InChI is InChI=1S/C23H31N5O3.C2HF3O2/c1-22(2)12-14(13-22)23(3,24-19-17-6-5-7-18(17)31-20(19)29)21-25-26-27-28(21)15-8-10-16(30-4)11-9-15;3-2(4,5)1(6)7/h8-11,14,17-19,24H,5-7,12-13H2,1-4H3;(H,6,7)/t17-,18+,19-,23?;/m1./s1. The van der Waals surface area contributed by atoms with Gasteiger partial charge in [0.25, 0.3) is 0 Å². The van der Waals surface area contributed by atoms with E-state index in [0.29, 0.717) is 5.92 Å². The number of fused-ring (bicyclic) bond motifs is 1. The molecule has 1 saturated heterocycles. The van der Waals surface area contributed by atoms with Crippen molar-refractivity contribution in [1.82, 2.24) is 25.5 Å². The smallest absolute Gasteiger partial charge is 0.490 e. The lowest BCUT2D eigenvalue weighted by molar-refractivity contribution is -0.192. The van der Waals surface area contributed by atoms with Gasteiger partial charge < -0.3 is 14.6 Å². The van der Waals surface area contributed by atoms with Gasteiger partial charge in [0.1, 0.15) is 17.9 Å². The maximum absolute atomic E-state index is 12.8. The van der Waals surface area contributed by atoms with E-state index in [1.165, 1.54) is 0 Å². The summed E-state index contributed by atoms with van der Waals surface area (Å²) < 4.78 is 44.5. The predicted molar refractivity (Wildman–Crippen MR) is 127 cm³/mol. The molecule has 1 aromatic heterocycles. The molecule has 2 aromatic rings. The van der Waals surface area contributed by atoms with Crippen LogP contribution in [-0.4, -0.2) is 62.7 Å². The van der Waals surface area contributed by atoms with Crippen molar-refractivity contribution in [2.75, 3.05) is 7.11 Å². The van der Waals surface area contributed by atoms with Gasteiger partial charge in [-0.15, -0.1) is 5.10 Å². The third-order valence-electron chi connectivity index (χ3n) is 7.82. The molecule has 1 aliphatic heterocycles. The van der Waals surface area contributed by atoms with Gasteiger partial charge in [-0.1, -0.05) is 13.8 Å². The van der Waals surface area contributed by atoms with Gasteiger partial charge in [0.05, 0.1) is 18.3 Å². The number of carbonyl (C=O) groups is 2. The number of alkyl halides is 3. The molecule has 3 aliphatic rings. The lowest BCUT2D eigenvalue weighted by Gasteiger charge is -2.52. The summed E-state index contributed by atoms with van der Waals surface area (Å²) in [5.74, 6) is -0.840. The molecule has 4 atom stereocenters. The van der Waals surface area contributed by atoms with Crippen LogP contribution in [0.1, 0.15) is 58.7 Å². The number of aliphatic carboxylic acids is 1. The number of rotatable bonds is 6. The highest BCUT2D eigenvalue weighted by molar-refractivity contribution is 5.79. The second-order valence-corrected chi connectivity index (χ2v) is 11.1. The van der Waals surface area contributed by atoms with Gasteiger partial charge in [0, 0.05) is 5.92 Å². The van der Waals surface area contributed by atoms with E-state index in [1.54, 1.807) is 11.8 Å². The summed E-state index contributed by atoms with van der Waals surface area (Å²) in [6.07, 6.45) is 0.140. The number of methoxy groups -OCH3 is 1. The van der Waals surface area contributed by atoms with Crippen LogP contribution < -0.4 is 10.1 Å². The number of hydrogen-bond donors (Lipinski definition) is 2. The normalized spacial score (nSPS) is 25.9. The van der Waals surface area contributed by atoms with E-state index in [9.17, 15) is 18.0 Å². The van der Waals surface area contributed by atoms with Crippen molar-refractivity contribution in [2.24, 2.45) is 17.3 Å². The number of ether oxygens (including phenoxy) is 2. The van der Waals surface area contributed by atoms with Crippen molar-refractivity contribution in [2.45, 2.75) is 76.7 Å². The van der Waals surface area contributed by atoms with Crippen LogP contribution in [-0.2, 0) is 19.9 Å². The number of nitrogens with one attached hydrogen (secondary N) is 1. The first-order chi connectivity index (χ1) is 17.7. The summed E-state index contributed by atoms with van der Waals surface area (Å²) in [6.45, 7) is 6.72. The summed E-state index contributed by atoms with van der Waals surface area (Å²) in [6, 6.07) is 7.37. The molecule has 13 heteroatoms. The Hall–Kier alpha value is -3.22. The highest BCUT2D eigenvalue weighted by Crippen LogP contribution is 2.53. The minimum Gasteiger partial charge on any atom is -0.497 e. The lowest BCUT2D eigenvalue weighted by atomic mass is 9.57. The van der Waals surface area contributed by atoms with Gasteiger partial charge >= 0.3 is 18.1 Å². The van der Waals surface area contributed by atoms with Crippen LogP contribution in [0, 0.1) is 17.3 Å². The molecule has 0 spiro atoms. The molecule has 10 nitrogen and oxygen atoms in total. The summed E-state index contributed by atoms with van der Waals surface area (Å²) in [4.78, 5) is 21.7. The molecule has 38 heavy (non-hydrogen) atoms. The van der Waals surface area contributed by atoms with Gasteiger partial charge in [-0.3, -0.25) is 10.1 Å². The second kappa shape index (κ2) is 10.2. The van der Waals surface area contributed by atoms with E-state index < -0.39 is 17.7 Å². The van der Waals surface area contributed by atoms with E-state index in [2.05, 4.69) is 41.6 Å². The highest BCUT2D eigenvalue weighted by Gasteiger charge is 2.55. The first kappa shape index (κ1) is 27.8. The molecule has 2 saturated carbocycles. The number of carboxylic acids is 1. The second-order valence-electron chi connectivity index (χ2n) is 11.1. The molecule has 2 aliphatic carbocycles. The molecular formula is C25H32F3N5O5.